The quantitative estimate of drug-likeness (QED) is 0.793. The van der Waals surface area contributed by atoms with Crippen LogP contribution in [0.3, 0.4) is 0 Å². The Morgan fingerprint density at radius 3 is 2.58 bits per heavy atom. The summed E-state index contributed by atoms with van der Waals surface area (Å²) in [5.41, 5.74) is 1.13. The van der Waals surface area contributed by atoms with Crippen LogP contribution in [0.25, 0.3) is 0 Å². The Balaban J connectivity index is 1.62. The van der Waals surface area contributed by atoms with Crippen LogP contribution >= 0.6 is 0 Å². The average molecular weight is 358 g/mol. The SMILES string of the molecule is CC(C)CN1C(=O)c2ccc(C(=O)NCCC3CCOCC3)cc2C1=O. The van der Waals surface area contributed by atoms with Crippen molar-refractivity contribution in [2.45, 2.75) is 33.1 Å². The van der Waals surface area contributed by atoms with E-state index < -0.39 is 0 Å². The van der Waals surface area contributed by atoms with Gasteiger partial charge in [0.2, 0.25) is 0 Å². The number of nitrogens with one attached hydrogen (secondary N) is 1. The number of benzene rings is 1. The minimum absolute atomic E-state index is 0.199. The van der Waals surface area contributed by atoms with Crippen LogP contribution in [0.2, 0.25) is 0 Å². The highest BCUT2D eigenvalue weighted by Gasteiger charge is 2.36. The molecule has 0 radical (unpaired) electrons. The van der Waals surface area contributed by atoms with E-state index >= 15 is 0 Å². The normalized spacial score (nSPS) is 17.7. The van der Waals surface area contributed by atoms with Crippen LogP contribution in [0.5, 0.6) is 0 Å². The lowest BCUT2D eigenvalue weighted by Gasteiger charge is -2.21. The standard InChI is InChI=1S/C20H26N2O4/c1-13(2)12-22-19(24)16-4-3-15(11-17(16)20(22)25)18(23)21-8-5-14-6-9-26-10-7-14/h3-4,11,13-14H,5-10,12H2,1-2H3,(H,21,23). The van der Waals surface area contributed by atoms with Gasteiger partial charge in [0, 0.05) is 31.9 Å². The van der Waals surface area contributed by atoms with E-state index in [2.05, 4.69) is 5.32 Å². The van der Waals surface area contributed by atoms with Crippen molar-refractivity contribution in [2.24, 2.45) is 11.8 Å². The van der Waals surface area contributed by atoms with Crippen LogP contribution < -0.4 is 5.32 Å². The van der Waals surface area contributed by atoms with Crippen LogP contribution in [-0.2, 0) is 4.74 Å². The van der Waals surface area contributed by atoms with Gasteiger partial charge < -0.3 is 10.1 Å². The van der Waals surface area contributed by atoms with Crippen LogP contribution in [0.15, 0.2) is 18.2 Å². The molecule has 1 aromatic carbocycles. The minimum atomic E-state index is -0.310. The molecule has 0 saturated carbocycles. The highest BCUT2D eigenvalue weighted by Crippen LogP contribution is 2.25. The number of fused-ring (bicyclic) bond motifs is 1. The van der Waals surface area contributed by atoms with Gasteiger partial charge in [-0.25, -0.2) is 0 Å². The van der Waals surface area contributed by atoms with Gasteiger partial charge in [0.25, 0.3) is 17.7 Å². The minimum Gasteiger partial charge on any atom is -0.381 e. The monoisotopic (exact) mass is 358 g/mol. The van der Waals surface area contributed by atoms with Gasteiger partial charge in [-0.2, -0.15) is 0 Å². The third-order valence-corrected chi connectivity index (χ3v) is 4.96. The van der Waals surface area contributed by atoms with Crippen LogP contribution in [0.1, 0.15) is 64.2 Å². The molecule has 0 bridgehead atoms. The summed E-state index contributed by atoms with van der Waals surface area (Å²) in [7, 11) is 0. The molecule has 1 saturated heterocycles. The number of hydrogen-bond acceptors (Lipinski definition) is 4. The number of nitrogens with zero attached hydrogens (tertiary/aromatic N) is 1. The van der Waals surface area contributed by atoms with Crippen LogP contribution in [-0.4, -0.2) is 48.9 Å². The first-order chi connectivity index (χ1) is 12.5. The average Bonchev–Trinajstić information content (AvgIpc) is 2.86. The van der Waals surface area contributed by atoms with Gasteiger partial charge in [-0.1, -0.05) is 13.8 Å². The summed E-state index contributed by atoms with van der Waals surface area (Å²) in [5.74, 6) is 0.00109. The summed E-state index contributed by atoms with van der Waals surface area (Å²) in [6.45, 7) is 6.51. The molecule has 2 heterocycles. The van der Waals surface area contributed by atoms with Crippen molar-refractivity contribution in [3.8, 4) is 0 Å². The van der Waals surface area contributed by atoms with Crippen LogP contribution in [0, 0.1) is 11.8 Å². The van der Waals surface area contributed by atoms with Gasteiger partial charge >= 0.3 is 0 Å². The van der Waals surface area contributed by atoms with E-state index in [1.54, 1.807) is 18.2 Å². The second kappa shape index (κ2) is 7.99. The third-order valence-electron chi connectivity index (χ3n) is 4.96. The number of hydrogen-bond donors (Lipinski definition) is 1. The Labute approximate surface area is 153 Å². The first-order valence-corrected chi connectivity index (χ1v) is 9.33. The summed E-state index contributed by atoms with van der Waals surface area (Å²) in [6, 6.07) is 4.75. The maximum atomic E-state index is 12.5. The van der Waals surface area contributed by atoms with Crippen molar-refractivity contribution < 1.29 is 19.1 Å². The van der Waals surface area contributed by atoms with Gasteiger partial charge in [0.1, 0.15) is 0 Å². The number of carbonyl (C=O) groups is 3. The predicted molar refractivity (Wildman–Crippen MR) is 97.1 cm³/mol. The Morgan fingerprint density at radius 1 is 1.19 bits per heavy atom. The van der Waals surface area contributed by atoms with E-state index in [4.69, 9.17) is 4.74 Å². The molecule has 0 spiro atoms. The van der Waals surface area contributed by atoms with Crippen molar-refractivity contribution in [2.75, 3.05) is 26.3 Å². The number of carbonyl (C=O) groups excluding carboxylic acids is 3. The third kappa shape index (κ3) is 3.96. The van der Waals surface area contributed by atoms with Gasteiger partial charge in [-0.3, -0.25) is 19.3 Å². The molecule has 1 fully saturated rings. The number of imide groups is 1. The first-order valence-electron chi connectivity index (χ1n) is 9.33. The molecule has 6 heteroatoms. The van der Waals surface area contributed by atoms with E-state index in [0.717, 1.165) is 32.5 Å². The van der Waals surface area contributed by atoms with Crippen molar-refractivity contribution in [1.29, 1.82) is 0 Å². The molecule has 1 N–H and O–H groups in total. The smallest absolute Gasteiger partial charge is 0.261 e. The molecule has 6 nitrogen and oxygen atoms in total. The highest BCUT2D eigenvalue weighted by atomic mass is 16.5. The zero-order chi connectivity index (χ0) is 18.7. The Hall–Kier alpha value is -2.21. The molecule has 140 valence electrons. The Kier molecular flexibility index (Phi) is 5.71. The van der Waals surface area contributed by atoms with Gasteiger partial charge in [-0.15, -0.1) is 0 Å². The molecule has 2 aliphatic rings. The summed E-state index contributed by atoms with van der Waals surface area (Å²) in [6.07, 6.45) is 3.01. The molecule has 0 aromatic heterocycles. The lowest BCUT2D eigenvalue weighted by Crippen LogP contribution is -2.33. The van der Waals surface area contributed by atoms with Gasteiger partial charge in [0.15, 0.2) is 0 Å². The van der Waals surface area contributed by atoms with E-state index in [9.17, 15) is 14.4 Å². The zero-order valence-electron chi connectivity index (χ0n) is 15.4. The second-order valence-electron chi connectivity index (χ2n) is 7.48. The van der Waals surface area contributed by atoms with Gasteiger partial charge in [-0.05, 0) is 49.3 Å². The summed E-state index contributed by atoms with van der Waals surface area (Å²) >= 11 is 0. The number of rotatable bonds is 6. The molecular weight excluding hydrogens is 332 g/mol. The maximum absolute atomic E-state index is 12.5. The molecule has 3 amide bonds. The summed E-state index contributed by atoms with van der Waals surface area (Å²) in [4.78, 5) is 38.5. The molecule has 26 heavy (non-hydrogen) atoms. The van der Waals surface area contributed by atoms with Gasteiger partial charge in [0.05, 0.1) is 11.1 Å². The zero-order valence-corrected chi connectivity index (χ0v) is 15.4. The molecule has 3 rings (SSSR count). The van der Waals surface area contributed by atoms with E-state index in [1.165, 1.54) is 4.90 Å². The van der Waals surface area contributed by atoms with E-state index in [1.807, 2.05) is 13.8 Å². The fourth-order valence-corrected chi connectivity index (χ4v) is 3.49. The fraction of sp³-hybridized carbons (Fsp3) is 0.550. The first kappa shape index (κ1) is 18.6. The van der Waals surface area contributed by atoms with Crippen molar-refractivity contribution >= 4 is 17.7 Å². The predicted octanol–water partition coefficient (Wildman–Crippen LogP) is 2.49. The van der Waals surface area contributed by atoms with Crippen molar-refractivity contribution in [3.05, 3.63) is 34.9 Å². The van der Waals surface area contributed by atoms with Crippen molar-refractivity contribution in [1.82, 2.24) is 10.2 Å². The fourth-order valence-electron chi connectivity index (χ4n) is 3.49. The van der Waals surface area contributed by atoms with E-state index in [-0.39, 0.29) is 23.6 Å². The van der Waals surface area contributed by atoms with Crippen molar-refractivity contribution in [3.63, 3.8) is 0 Å². The summed E-state index contributed by atoms with van der Waals surface area (Å²) < 4.78 is 5.34. The molecule has 2 aliphatic heterocycles. The number of amides is 3. The lowest BCUT2D eigenvalue weighted by atomic mass is 9.96. The van der Waals surface area contributed by atoms with Crippen LogP contribution in [0.4, 0.5) is 0 Å². The molecule has 0 atom stereocenters. The second-order valence-corrected chi connectivity index (χ2v) is 7.48. The Bertz CT molecular complexity index is 708. The topological polar surface area (TPSA) is 75.7 Å². The highest BCUT2D eigenvalue weighted by molar-refractivity contribution is 6.22. The molecular formula is C20H26N2O4. The maximum Gasteiger partial charge on any atom is 0.261 e. The molecule has 0 unspecified atom stereocenters. The van der Waals surface area contributed by atoms with E-state index in [0.29, 0.717) is 35.7 Å². The summed E-state index contributed by atoms with van der Waals surface area (Å²) in [5, 5.41) is 2.92. The lowest BCUT2D eigenvalue weighted by molar-refractivity contribution is 0.0631. The molecule has 1 aromatic rings. The molecule has 0 aliphatic carbocycles. The Morgan fingerprint density at radius 2 is 1.88 bits per heavy atom. The number of ether oxygens (including phenoxy) is 1. The largest absolute Gasteiger partial charge is 0.381 e.